The predicted molar refractivity (Wildman–Crippen MR) is 67.6 cm³/mol. The number of nitrogens with zero attached hydrogens (tertiary/aromatic N) is 2. The first-order valence-electron chi connectivity index (χ1n) is 4.09. The molecule has 0 spiro atoms. The fourth-order valence-corrected chi connectivity index (χ4v) is 1.61. The van der Waals surface area contributed by atoms with Crippen LogP contribution in [0, 0.1) is 0 Å². The lowest BCUT2D eigenvalue weighted by atomic mass is 10.2. The molecule has 0 unspecified atom stereocenters. The lowest BCUT2D eigenvalue weighted by Crippen LogP contribution is -2.26. The Hall–Kier alpha value is -1.27. The molecule has 1 rings (SSSR count). The molecule has 5 nitrogen and oxygen atoms in total. The molecule has 0 aliphatic heterocycles. The molecule has 0 saturated heterocycles. The monoisotopic (exact) mass is 247 g/mol. The van der Waals surface area contributed by atoms with Crippen molar-refractivity contribution >= 4 is 35.7 Å². The maximum Gasteiger partial charge on any atom is 0.218 e. The fraction of sp³-hybridized carbons (Fsp3) is 0.250. The molecule has 0 saturated carbocycles. The van der Waals surface area contributed by atoms with Crippen molar-refractivity contribution in [2.75, 3.05) is 6.54 Å². The van der Waals surface area contributed by atoms with E-state index in [9.17, 15) is 0 Å². The van der Waals surface area contributed by atoms with E-state index in [2.05, 4.69) is 21.4 Å². The van der Waals surface area contributed by atoms with Gasteiger partial charge in [0.25, 0.3) is 0 Å². The Bertz CT molecular complexity index is 329. The van der Waals surface area contributed by atoms with E-state index in [1.807, 2.05) is 5.38 Å². The summed E-state index contributed by atoms with van der Waals surface area (Å²) in [6.07, 6.45) is 0.851. The minimum absolute atomic E-state index is 0. The van der Waals surface area contributed by atoms with Crippen molar-refractivity contribution in [2.24, 2.45) is 27.2 Å². The third-order valence-electron chi connectivity index (χ3n) is 1.50. The highest BCUT2D eigenvalue weighted by Crippen LogP contribution is 2.06. The van der Waals surface area contributed by atoms with Gasteiger partial charge in [0.1, 0.15) is 0 Å². The lowest BCUT2D eigenvalue weighted by Gasteiger charge is -1.94. The molecule has 0 aliphatic carbocycles. The van der Waals surface area contributed by atoms with Crippen LogP contribution in [0.1, 0.15) is 5.56 Å². The molecule has 0 atom stereocenters. The van der Waals surface area contributed by atoms with Crippen molar-refractivity contribution in [3.63, 3.8) is 0 Å². The second kappa shape index (κ2) is 7.08. The zero-order valence-electron chi connectivity index (χ0n) is 8.09. The van der Waals surface area contributed by atoms with Gasteiger partial charge in [-0.1, -0.05) is 0 Å². The topological polar surface area (TPSA) is 103 Å². The summed E-state index contributed by atoms with van der Waals surface area (Å²) in [4.78, 5) is 7.59. The average Bonchev–Trinajstić information content (AvgIpc) is 2.55. The van der Waals surface area contributed by atoms with Gasteiger partial charge < -0.3 is 17.2 Å². The Balaban J connectivity index is 0.00000196. The third kappa shape index (κ3) is 5.92. The minimum Gasteiger partial charge on any atom is -0.370 e. The zero-order chi connectivity index (χ0) is 10.4. The molecular weight excluding hydrogens is 234 g/mol. The van der Waals surface area contributed by atoms with E-state index in [0.29, 0.717) is 6.54 Å². The summed E-state index contributed by atoms with van der Waals surface area (Å²) in [5, 5.41) is 4.10. The molecule has 1 aromatic rings. The number of nitrogens with two attached hydrogens (primary N) is 3. The number of hydrogen-bond donors (Lipinski definition) is 3. The molecule has 0 aliphatic rings. The highest BCUT2D eigenvalue weighted by Gasteiger charge is 1.92. The van der Waals surface area contributed by atoms with Crippen LogP contribution in [0.4, 0.5) is 0 Å². The quantitative estimate of drug-likeness (QED) is 0.529. The molecule has 6 N–H and O–H groups in total. The van der Waals surface area contributed by atoms with E-state index < -0.39 is 0 Å². The van der Waals surface area contributed by atoms with Crippen LogP contribution in [0.5, 0.6) is 0 Å². The van der Waals surface area contributed by atoms with Gasteiger partial charge in [-0.25, -0.2) is 0 Å². The zero-order valence-corrected chi connectivity index (χ0v) is 9.72. The number of rotatable bonds is 3. The van der Waals surface area contributed by atoms with E-state index in [4.69, 9.17) is 17.2 Å². The van der Waals surface area contributed by atoms with Crippen molar-refractivity contribution in [3.05, 3.63) is 22.4 Å². The third-order valence-corrected chi connectivity index (χ3v) is 2.23. The van der Waals surface area contributed by atoms with Crippen molar-refractivity contribution in [1.82, 2.24) is 0 Å². The molecule has 0 bridgehead atoms. The maximum atomic E-state index is 5.42. The van der Waals surface area contributed by atoms with Crippen LogP contribution in [-0.4, -0.2) is 18.5 Å². The van der Waals surface area contributed by atoms with E-state index in [0.717, 1.165) is 6.42 Å². The summed E-state index contributed by atoms with van der Waals surface area (Å²) >= 11 is 1.66. The largest absolute Gasteiger partial charge is 0.370 e. The Morgan fingerprint density at radius 2 is 2.07 bits per heavy atom. The van der Waals surface area contributed by atoms with E-state index in [1.54, 1.807) is 11.3 Å². The molecule has 0 fully saturated rings. The van der Waals surface area contributed by atoms with Crippen LogP contribution in [0.2, 0.25) is 0 Å². The van der Waals surface area contributed by atoms with Crippen LogP contribution in [0.3, 0.4) is 0 Å². The number of hydrogen-bond acceptors (Lipinski definition) is 2. The van der Waals surface area contributed by atoms with Crippen LogP contribution in [0.25, 0.3) is 0 Å². The molecule has 1 aromatic heterocycles. The second-order valence-corrected chi connectivity index (χ2v) is 3.44. The van der Waals surface area contributed by atoms with Crippen molar-refractivity contribution in [1.29, 1.82) is 0 Å². The summed E-state index contributed by atoms with van der Waals surface area (Å²) in [5.41, 5.74) is 16.9. The van der Waals surface area contributed by atoms with Crippen LogP contribution < -0.4 is 17.2 Å². The van der Waals surface area contributed by atoms with Gasteiger partial charge in [-0.15, -0.1) is 12.4 Å². The Morgan fingerprint density at radius 1 is 1.33 bits per heavy atom. The number of aliphatic imine (C=N–C) groups is 2. The van der Waals surface area contributed by atoms with Gasteiger partial charge in [0.15, 0.2) is 5.96 Å². The highest BCUT2D eigenvalue weighted by molar-refractivity contribution is 7.07. The fourth-order valence-electron chi connectivity index (χ4n) is 0.902. The number of halogens is 1. The molecular formula is C8H14ClN5S. The van der Waals surface area contributed by atoms with Crippen LogP contribution in [0.15, 0.2) is 26.8 Å². The van der Waals surface area contributed by atoms with Crippen molar-refractivity contribution in [2.45, 2.75) is 6.42 Å². The SMILES string of the molecule is Cl.NC(N)=NC(N)=NCCc1ccsc1. The van der Waals surface area contributed by atoms with Gasteiger partial charge in [-0.3, -0.25) is 4.99 Å². The first-order chi connectivity index (χ1) is 6.68. The summed E-state index contributed by atoms with van der Waals surface area (Å²) < 4.78 is 0. The first kappa shape index (κ1) is 13.7. The number of thiophene rings is 1. The molecule has 1 heterocycles. The van der Waals surface area contributed by atoms with Gasteiger partial charge in [0, 0.05) is 6.54 Å². The van der Waals surface area contributed by atoms with Crippen molar-refractivity contribution in [3.8, 4) is 0 Å². The molecule has 7 heteroatoms. The maximum absolute atomic E-state index is 5.42. The Kier molecular flexibility index (Phi) is 6.48. The molecule has 0 aromatic carbocycles. The van der Waals surface area contributed by atoms with Crippen molar-refractivity contribution < 1.29 is 0 Å². The lowest BCUT2D eigenvalue weighted by molar-refractivity contribution is 0.967. The van der Waals surface area contributed by atoms with Gasteiger partial charge in [0.2, 0.25) is 5.96 Å². The van der Waals surface area contributed by atoms with Crippen LogP contribution >= 0.6 is 23.7 Å². The Labute approximate surface area is 98.5 Å². The normalized spacial score (nSPS) is 10.5. The molecule has 84 valence electrons. The minimum atomic E-state index is -0.0678. The molecule has 0 amide bonds. The van der Waals surface area contributed by atoms with E-state index >= 15 is 0 Å². The van der Waals surface area contributed by atoms with Gasteiger partial charge in [-0.2, -0.15) is 16.3 Å². The molecule has 0 radical (unpaired) electrons. The van der Waals surface area contributed by atoms with Gasteiger partial charge >= 0.3 is 0 Å². The Morgan fingerprint density at radius 3 is 2.60 bits per heavy atom. The molecule has 15 heavy (non-hydrogen) atoms. The summed E-state index contributed by atoms with van der Waals surface area (Å²) in [6, 6.07) is 2.05. The summed E-state index contributed by atoms with van der Waals surface area (Å²) in [7, 11) is 0. The summed E-state index contributed by atoms with van der Waals surface area (Å²) in [6.45, 7) is 0.597. The first-order valence-corrected chi connectivity index (χ1v) is 5.03. The van der Waals surface area contributed by atoms with Gasteiger partial charge in [-0.05, 0) is 28.8 Å². The second-order valence-electron chi connectivity index (χ2n) is 2.66. The van der Waals surface area contributed by atoms with Crippen LogP contribution in [-0.2, 0) is 6.42 Å². The van der Waals surface area contributed by atoms with E-state index in [-0.39, 0.29) is 24.3 Å². The highest BCUT2D eigenvalue weighted by atomic mass is 35.5. The number of guanidine groups is 2. The summed E-state index contributed by atoms with van der Waals surface area (Å²) in [5.74, 6) is 0.0574. The standard InChI is InChI=1S/C8H13N5S.ClH/c9-7(10)13-8(11)12-3-1-6-2-4-14-5-6;/h2,4-5H,1,3H2,(H6,9,10,11,12,13);1H. The van der Waals surface area contributed by atoms with Gasteiger partial charge in [0.05, 0.1) is 0 Å². The van der Waals surface area contributed by atoms with E-state index in [1.165, 1.54) is 5.56 Å². The smallest absolute Gasteiger partial charge is 0.218 e. The average molecular weight is 248 g/mol. The predicted octanol–water partition coefficient (Wildman–Crippen LogP) is 0.300.